The molecule has 24 heavy (non-hydrogen) atoms. The predicted molar refractivity (Wildman–Crippen MR) is 78.6 cm³/mol. The van der Waals surface area contributed by atoms with Crippen LogP contribution >= 0.6 is 0 Å². The van der Waals surface area contributed by atoms with E-state index in [1.54, 1.807) is 24.3 Å². The zero-order chi connectivity index (χ0) is 17.9. The summed E-state index contributed by atoms with van der Waals surface area (Å²) >= 11 is 0. The highest BCUT2D eigenvalue weighted by atomic mass is 16.4. The largest absolute Gasteiger partial charge is 0.550 e. The van der Waals surface area contributed by atoms with E-state index >= 15 is 0 Å². The molecule has 0 saturated heterocycles. The Balaban J connectivity index is 2.32. The normalized spacial score (nSPS) is 10.0. The van der Waals surface area contributed by atoms with Crippen molar-refractivity contribution in [2.24, 2.45) is 0 Å². The highest BCUT2D eigenvalue weighted by Crippen LogP contribution is 2.05. The Bertz CT molecular complexity index is 544. The van der Waals surface area contributed by atoms with Gasteiger partial charge in [0.1, 0.15) is 0 Å². The number of amides is 2. The summed E-state index contributed by atoms with van der Waals surface area (Å²) in [7, 11) is 0. The fraction of sp³-hybridized carbons (Fsp3) is 0.375. The molecule has 0 heterocycles. The molecule has 0 aromatic heterocycles. The van der Waals surface area contributed by atoms with Gasteiger partial charge in [-0.25, -0.2) is 0 Å². The van der Waals surface area contributed by atoms with E-state index in [1.165, 1.54) is 0 Å². The molecule has 0 radical (unpaired) electrons. The lowest BCUT2D eigenvalue weighted by molar-refractivity contribution is -0.307. The maximum Gasteiger partial charge on any atom is 0.220 e. The maximum atomic E-state index is 11.4. The van der Waals surface area contributed by atoms with Crippen LogP contribution in [0.4, 0.5) is 0 Å². The van der Waals surface area contributed by atoms with Crippen LogP contribution in [0.25, 0.3) is 0 Å². The van der Waals surface area contributed by atoms with Gasteiger partial charge in [0.05, 0.1) is 0 Å². The standard InChI is InChI=1S/C16H20N2O6/c19-13(5-7-15(21)22)17-9-11-1-2-12(4-3-11)10-18-14(20)6-8-16(23)24/h1-4H,5-10H2,(H,17,19)(H,18,20)(H,21,22)(H,23,24)/p-2. The Hall–Kier alpha value is -2.90. The molecule has 0 bridgehead atoms. The number of rotatable bonds is 10. The van der Waals surface area contributed by atoms with Crippen LogP contribution in [0.2, 0.25) is 0 Å². The van der Waals surface area contributed by atoms with Crippen LogP contribution in [0.1, 0.15) is 36.8 Å². The molecule has 0 aliphatic heterocycles. The number of carbonyl (C=O) groups excluding carboxylic acids is 4. The number of carboxylic acids is 2. The van der Waals surface area contributed by atoms with Gasteiger partial charge < -0.3 is 30.4 Å². The molecule has 1 aromatic carbocycles. The number of nitrogens with one attached hydrogen (secondary N) is 2. The van der Waals surface area contributed by atoms with Crippen molar-refractivity contribution in [3.8, 4) is 0 Å². The van der Waals surface area contributed by atoms with Crippen molar-refractivity contribution in [1.82, 2.24) is 10.6 Å². The molecule has 2 amide bonds. The molecule has 0 spiro atoms. The Kier molecular flexibility index (Phi) is 7.97. The number of aliphatic carboxylic acids is 2. The summed E-state index contributed by atoms with van der Waals surface area (Å²) in [5.41, 5.74) is 1.65. The van der Waals surface area contributed by atoms with E-state index in [4.69, 9.17) is 0 Å². The van der Waals surface area contributed by atoms with Crippen LogP contribution in [0.5, 0.6) is 0 Å². The van der Waals surface area contributed by atoms with Gasteiger partial charge in [-0.15, -0.1) is 0 Å². The van der Waals surface area contributed by atoms with Gasteiger partial charge in [-0.1, -0.05) is 24.3 Å². The Morgan fingerprint density at radius 3 is 1.29 bits per heavy atom. The second-order valence-electron chi connectivity index (χ2n) is 5.11. The lowest BCUT2D eigenvalue weighted by atomic mass is 10.1. The summed E-state index contributed by atoms with van der Waals surface area (Å²) in [6.45, 7) is 0.536. The molecule has 1 rings (SSSR count). The van der Waals surface area contributed by atoms with Gasteiger partial charge in [-0.2, -0.15) is 0 Å². The second-order valence-corrected chi connectivity index (χ2v) is 5.11. The van der Waals surface area contributed by atoms with Crippen LogP contribution in [0.15, 0.2) is 24.3 Å². The summed E-state index contributed by atoms with van der Waals surface area (Å²) in [5.74, 6) is -3.28. The van der Waals surface area contributed by atoms with E-state index < -0.39 is 11.9 Å². The molecule has 130 valence electrons. The predicted octanol–water partition coefficient (Wildman–Crippen LogP) is -2.02. The van der Waals surface area contributed by atoms with Crippen LogP contribution in [-0.4, -0.2) is 23.8 Å². The van der Waals surface area contributed by atoms with Crippen LogP contribution < -0.4 is 20.8 Å². The van der Waals surface area contributed by atoms with E-state index in [1.807, 2.05) is 0 Å². The average molecular weight is 334 g/mol. The molecular weight excluding hydrogens is 316 g/mol. The fourth-order valence-electron chi connectivity index (χ4n) is 1.78. The van der Waals surface area contributed by atoms with Crippen molar-refractivity contribution in [3.63, 3.8) is 0 Å². The number of hydrogen-bond acceptors (Lipinski definition) is 6. The Morgan fingerprint density at radius 1 is 0.667 bits per heavy atom. The number of hydrogen-bond donors (Lipinski definition) is 2. The third-order valence-corrected chi connectivity index (χ3v) is 3.11. The SMILES string of the molecule is O=C([O-])CCC(=O)NCc1ccc(CNC(=O)CCC(=O)[O-])cc1. The molecule has 0 aliphatic rings. The summed E-state index contributed by atoms with van der Waals surface area (Å²) in [6.07, 6.45) is -0.887. The molecule has 8 nitrogen and oxygen atoms in total. The zero-order valence-electron chi connectivity index (χ0n) is 13.0. The molecule has 0 aliphatic carbocycles. The smallest absolute Gasteiger partial charge is 0.220 e. The first kappa shape index (κ1) is 19.1. The van der Waals surface area contributed by atoms with Crippen molar-refractivity contribution < 1.29 is 29.4 Å². The summed E-state index contributed by atoms with van der Waals surface area (Å²) in [4.78, 5) is 43.2. The minimum absolute atomic E-state index is 0.127. The van der Waals surface area contributed by atoms with Gasteiger partial charge in [0, 0.05) is 37.9 Å². The van der Waals surface area contributed by atoms with E-state index in [2.05, 4.69) is 10.6 Å². The first-order chi connectivity index (χ1) is 11.4. The molecule has 2 N–H and O–H groups in total. The highest BCUT2D eigenvalue weighted by Gasteiger charge is 2.03. The van der Waals surface area contributed by atoms with E-state index in [0.29, 0.717) is 0 Å². The Morgan fingerprint density at radius 2 is 1.00 bits per heavy atom. The minimum Gasteiger partial charge on any atom is -0.550 e. The quantitative estimate of drug-likeness (QED) is 0.506. The van der Waals surface area contributed by atoms with Gasteiger partial charge in [0.25, 0.3) is 0 Å². The monoisotopic (exact) mass is 334 g/mol. The molecule has 0 atom stereocenters. The molecule has 8 heteroatoms. The van der Waals surface area contributed by atoms with Gasteiger partial charge in [-0.05, 0) is 24.0 Å². The third-order valence-electron chi connectivity index (χ3n) is 3.11. The van der Waals surface area contributed by atoms with Crippen molar-refractivity contribution >= 4 is 23.8 Å². The highest BCUT2D eigenvalue weighted by molar-refractivity contribution is 5.80. The van der Waals surface area contributed by atoms with Crippen LogP contribution in [0, 0.1) is 0 Å². The number of carbonyl (C=O) groups is 4. The van der Waals surface area contributed by atoms with Gasteiger partial charge >= 0.3 is 0 Å². The van der Waals surface area contributed by atoms with Crippen molar-refractivity contribution in [2.75, 3.05) is 0 Å². The summed E-state index contributed by atoms with van der Waals surface area (Å²) in [6, 6.07) is 7.06. The average Bonchev–Trinajstić information content (AvgIpc) is 2.55. The number of carboxylic acid groups (broad SMARTS) is 2. The lowest BCUT2D eigenvalue weighted by Crippen LogP contribution is -2.28. The molecule has 0 saturated carbocycles. The molecule has 0 fully saturated rings. The molecule has 1 aromatic rings. The topological polar surface area (TPSA) is 138 Å². The molecule has 0 unspecified atom stereocenters. The summed E-state index contributed by atoms with van der Waals surface area (Å²) < 4.78 is 0. The lowest BCUT2D eigenvalue weighted by Gasteiger charge is -2.08. The van der Waals surface area contributed by atoms with E-state index in [9.17, 15) is 29.4 Å². The van der Waals surface area contributed by atoms with Crippen molar-refractivity contribution in [2.45, 2.75) is 38.8 Å². The van der Waals surface area contributed by atoms with Gasteiger partial charge in [0.15, 0.2) is 0 Å². The van der Waals surface area contributed by atoms with Crippen molar-refractivity contribution in [1.29, 1.82) is 0 Å². The first-order valence-electron chi connectivity index (χ1n) is 7.37. The fourth-order valence-corrected chi connectivity index (χ4v) is 1.78. The first-order valence-corrected chi connectivity index (χ1v) is 7.37. The van der Waals surface area contributed by atoms with E-state index in [0.717, 1.165) is 11.1 Å². The second kappa shape index (κ2) is 9.98. The van der Waals surface area contributed by atoms with Gasteiger partial charge in [0.2, 0.25) is 11.8 Å². The van der Waals surface area contributed by atoms with Crippen LogP contribution in [0.3, 0.4) is 0 Å². The zero-order valence-corrected chi connectivity index (χ0v) is 13.0. The van der Waals surface area contributed by atoms with Crippen LogP contribution in [-0.2, 0) is 32.3 Å². The number of benzene rings is 1. The van der Waals surface area contributed by atoms with Crippen molar-refractivity contribution in [3.05, 3.63) is 35.4 Å². The van der Waals surface area contributed by atoms with Gasteiger partial charge in [-0.3, -0.25) is 9.59 Å². The summed E-state index contributed by atoms with van der Waals surface area (Å²) in [5, 5.41) is 25.7. The molecular formula is C16H18N2O6-2. The maximum absolute atomic E-state index is 11.4. The minimum atomic E-state index is -1.27. The Labute approximate surface area is 138 Å². The van der Waals surface area contributed by atoms with E-state index in [-0.39, 0.29) is 50.6 Å². The third kappa shape index (κ3) is 8.52.